The summed E-state index contributed by atoms with van der Waals surface area (Å²) < 4.78 is 0. The molecule has 0 unspecified atom stereocenters. The van der Waals surface area contributed by atoms with Crippen LogP contribution in [-0.2, 0) is 0 Å². The Kier molecular flexibility index (Phi) is 4.24. The molecule has 0 bridgehead atoms. The van der Waals surface area contributed by atoms with Crippen molar-refractivity contribution in [2.45, 2.75) is 33.1 Å². The Bertz CT molecular complexity index is 152. The second kappa shape index (κ2) is 4.79. The zero-order valence-corrected chi connectivity index (χ0v) is 10.7. The Balaban J connectivity index is 2.19. The minimum absolute atomic E-state index is 0.415. The van der Waals surface area contributed by atoms with Crippen LogP contribution >= 0.6 is 15.9 Å². The lowest BCUT2D eigenvalue weighted by molar-refractivity contribution is 0.165. The van der Waals surface area contributed by atoms with Gasteiger partial charge in [-0.1, -0.05) is 36.2 Å². The Morgan fingerprint density at radius 1 is 1.38 bits per heavy atom. The minimum atomic E-state index is 0.415. The molecule has 1 nitrogen and oxygen atoms in total. The summed E-state index contributed by atoms with van der Waals surface area (Å²) in [5.41, 5.74) is 0.415. The highest BCUT2D eigenvalue weighted by Crippen LogP contribution is 2.28. The van der Waals surface area contributed by atoms with Crippen LogP contribution in [0.25, 0.3) is 0 Å². The van der Waals surface area contributed by atoms with Gasteiger partial charge in [-0.25, -0.2) is 0 Å². The second-order valence-corrected chi connectivity index (χ2v) is 5.85. The predicted molar refractivity (Wildman–Crippen MR) is 62.4 cm³/mol. The number of hydrogen-bond acceptors (Lipinski definition) is 1. The van der Waals surface area contributed by atoms with Gasteiger partial charge in [0.1, 0.15) is 0 Å². The first kappa shape index (κ1) is 11.5. The van der Waals surface area contributed by atoms with E-state index in [1.807, 2.05) is 0 Å². The third-order valence-electron chi connectivity index (χ3n) is 2.85. The van der Waals surface area contributed by atoms with Gasteiger partial charge in [-0.2, -0.15) is 0 Å². The first-order valence-corrected chi connectivity index (χ1v) is 6.40. The molecule has 0 aromatic rings. The summed E-state index contributed by atoms with van der Waals surface area (Å²) in [5, 5.41) is 1.09. The highest BCUT2D eigenvalue weighted by molar-refractivity contribution is 9.09. The van der Waals surface area contributed by atoms with E-state index in [0.717, 1.165) is 11.2 Å². The number of hydrogen-bond donors (Lipinski definition) is 0. The van der Waals surface area contributed by atoms with Crippen LogP contribution in [-0.4, -0.2) is 30.4 Å². The molecule has 0 N–H and O–H groups in total. The second-order valence-electron chi connectivity index (χ2n) is 5.29. The average molecular weight is 248 g/mol. The molecule has 13 heavy (non-hydrogen) atoms. The standard InChI is InChI=1S/C11H22BrN/c1-11(2,8-12)9-13(3)7-10-5-4-6-10/h10H,4-9H2,1-3H3. The number of nitrogens with zero attached hydrogens (tertiary/aromatic N) is 1. The van der Waals surface area contributed by atoms with Crippen LogP contribution in [0.15, 0.2) is 0 Å². The highest BCUT2D eigenvalue weighted by Gasteiger charge is 2.23. The Morgan fingerprint density at radius 2 is 2.00 bits per heavy atom. The van der Waals surface area contributed by atoms with Crippen LogP contribution in [0, 0.1) is 11.3 Å². The lowest BCUT2D eigenvalue weighted by atomic mass is 9.84. The molecular formula is C11H22BrN. The van der Waals surface area contributed by atoms with Crippen LogP contribution in [0.3, 0.4) is 0 Å². The quantitative estimate of drug-likeness (QED) is 0.675. The van der Waals surface area contributed by atoms with Gasteiger partial charge >= 0.3 is 0 Å². The topological polar surface area (TPSA) is 3.24 Å². The van der Waals surface area contributed by atoms with Crippen molar-refractivity contribution >= 4 is 15.9 Å². The monoisotopic (exact) mass is 247 g/mol. The summed E-state index contributed by atoms with van der Waals surface area (Å²) >= 11 is 3.57. The normalized spacial score (nSPS) is 19.2. The smallest absolute Gasteiger partial charge is 0.00949 e. The van der Waals surface area contributed by atoms with Crippen LogP contribution < -0.4 is 0 Å². The van der Waals surface area contributed by atoms with Crippen molar-refractivity contribution < 1.29 is 0 Å². The van der Waals surface area contributed by atoms with Crippen LogP contribution in [0.1, 0.15) is 33.1 Å². The molecule has 1 fully saturated rings. The molecule has 2 heteroatoms. The molecule has 0 aliphatic heterocycles. The molecule has 0 spiro atoms. The first-order valence-electron chi connectivity index (χ1n) is 5.28. The molecule has 1 rings (SSSR count). The molecule has 0 saturated heterocycles. The third-order valence-corrected chi connectivity index (χ3v) is 4.37. The maximum absolute atomic E-state index is 3.57. The lowest BCUT2D eigenvalue weighted by Gasteiger charge is -2.34. The summed E-state index contributed by atoms with van der Waals surface area (Å²) in [6.07, 6.45) is 4.37. The van der Waals surface area contributed by atoms with Crippen molar-refractivity contribution in [3.63, 3.8) is 0 Å². The van der Waals surface area contributed by atoms with Gasteiger partial charge in [-0.3, -0.25) is 0 Å². The Hall–Kier alpha value is 0.440. The van der Waals surface area contributed by atoms with E-state index in [1.54, 1.807) is 0 Å². The fourth-order valence-electron chi connectivity index (χ4n) is 1.95. The fraction of sp³-hybridized carbons (Fsp3) is 1.00. The maximum atomic E-state index is 3.57. The van der Waals surface area contributed by atoms with Crippen molar-refractivity contribution in [3.8, 4) is 0 Å². The zero-order chi connectivity index (χ0) is 9.90. The molecule has 0 amide bonds. The van der Waals surface area contributed by atoms with Gasteiger partial charge < -0.3 is 4.90 Å². The summed E-state index contributed by atoms with van der Waals surface area (Å²) in [7, 11) is 2.25. The predicted octanol–water partition coefficient (Wildman–Crippen LogP) is 3.14. The van der Waals surface area contributed by atoms with Gasteiger partial charge in [-0.15, -0.1) is 0 Å². The molecule has 0 radical (unpaired) electrons. The first-order chi connectivity index (χ1) is 6.03. The van der Waals surface area contributed by atoms with Crippen molar-refractivity contribution in [2.24, 2.45) is 11.3 Å². The van der Waals surface area contributed by atoms with Gasteiger partial charge in [0.05, 0.1) is 0 Å². The maximum Gasteiger partial charge on any atom is 0.00949 e. The van der Waals surface area contributed by atoms with E-state index in [1.165, 1.54) is 32.4 Å². The van der Waals surface area contributed by atoms with Crippen molar-refractivity contribution in [3.05, 3.63) is 0 Å². The van der Waals surface area contributed by atoms with Gasteiger partial charge in [-0.05, 0) is 31.2 Å². The third kappa shape index (κ3) is 3.99. The van der Waals surface area contributed by atoms with Gasteiger partial charge in [0.25, 0.3) is 0 Å². The van der Waals surface area contributed by atoms with Gasteiger partial charge in [0.15, 0.2) is 0 Å². The van der Waals surface area contributed by atoms with E-state index in [9.17, 15) is 0 Å². The molecular weight excluding hydrogens is 226 g/mol. The molecule has 1 aliphatic carbocycles. The van der Waals surface area contributed by atoms with E-state index in [0.29, 0.717) is 5.41 Å². The van der Waals surface area contributed by atoms with E-state index in [2.05, 4.69) is 41.7 Å². The molecule has 0 aromatic heterocycles. The zero-order valence-electron chi connectivity index (χ0n) is 9.15. The average Bonchev–Trinajstić information content (AvgIpc) is 1.96. The molecule has 0 aromatic carbocycles. The molecule has 0 atom stereocenters. The molecule has 1 aliphatic rings. The highest BCUT2D eigenvalue weighted by atomic mass is 79.9. The summed E-state index contributed by atoms with van der Waals surface area (Å²) in [6.45, 7) is 7.14. The SMILES string of the molecule is CN(CC1CCC1)CC(C)(C)CBr. The van der Waals surface area contributed by atoms with Gasteiger partial charge in [0, 0.05) is 18.4 Å². The fourth-order valence-corrected chi connectivity index (χ4v) is 2.13. The van der Waals surface area contributed by atoms with Crippen LogP contribution in [0.2, 0.25) is 0 Å². The lowest BCUT2D eigenvalue weighted by Crippen LogP contribution is -2.37. The van der Waals surface area contributed by atoms with Gasteiger partial charge in [0.2, 0.25) is 0 Å². The summed E-state index contributed by atoms with van der Waals surface area (Å²) in [4.78, 5) is 2.49. The van der Waals surface area contributed by atoms with Crippen molar-refractivity contribution in [2.75, 3.05) is 25.5 Å². The van der Waals surface area contributed by atoms with Crippen molar-refractivity contribution in [1.29, 1.82) is 0 Å². The van der Waals surface area contributed by atoms with Crippen molar-refractivity contribution in [1.82, 2.24) is 4.90 Å². The molecule has 0 heterocycles. The Labute approximate surface area is 91.0 Å². The molecule has 1 saturated carbocycles. The van der Waals surface area contributed by atoms with E-state index in [-0.39, 0.29) is 0 Å². The minimum Gasteiger partial charge on any atom is -0.306 e. The summed E-state index contributed by atoms with van der Waals surface area (Å²) in [5.74, 6) is 0.996. The van der Waals surface area contributed by atoms with Crippen LogP contribution in [0.4, 0.5) is 0 Å². The van der Waals surface area contributed by atoms with E-state index < -0.39 is 0 Å². The Morgan fingerprint density at radius 3 is 2.38 bits per heavy atom. The van der Waals surface area contributed by atoms with E-state index >= 15 is 0 Å². The van der Waals surface area contributed by atoms with Crippen LogP contribution in [0.5, 0.6) is 0 Å². The number of halogens is 1. The largest absolute Gasteiger partial charge is 0.306 e. The number of rotatable bonds is 5. The summed E-state index contributed by atoms with van der Waals surface area (Å²) in [6, 6.07) is 0. The van der Waals surface area contributed by atoms with E-state index in [4.69, 9.17) is 0 Å². The number of alkyl halides is 1. The molecule has 78 valence electrons.